The molecule has 94 valence electrons. The van der Waals surface area contributed by atoms with Gasteiger partial charge in [-0.15, -0.1) is 11.6 Å². The van der Waals surface area contributed by atoms with E-state index in [1.165, 1.54) is 6.33 Å². The smallest absolute Gasteiger partial charge is 0.266 e. The van der Waals surface area contributed by atoms with Crippen molar-refractivity contribution in [3.63, 3.8) is 0 Å². The van der Waals surface area contributed by atoms with E-state index >= 15 is 0 Å². The van der Waals surface area contributed by atoms with Crippen molar-refractivity contribution in [2.75, 3.05) is 5.32 Å². The minimum Gasteiger partial charge on any atom is -0.339 e. The molecule has 1 aromatic carbocycles. The highest BCUT2D eigenvalue weighted by Crippen LogP contribution is 2.29. The van der Waals surface area contributed by atoms with Gasteiger partial charge in [-0.3, -0.25) is 4.79 Å². The van der Waals surface area contributed by atoms with Crippen LogP contribution in [0, 0.1) is 3.57 Å². The standard InChI is InChI=1S/C12H11ClIN3O/c1-7(13)8-4-2-3-5-9(8)17-11-10(14)12(18)16-6-15-11/h2-7H,1H3,(H2,15,16,17,18). The predicted molar refractivity (Wildman–Crippen MR) is 81.6 cm³/mol. The largest absolute Gasteiger partial charge is 0.339 e. The summed E-state index contributed by atoms with van der Waals surface area (Å²) in [5.74, 6) is 0.532. The highest BCUT2D eigenvalue weighted by Gasteiger charge is 2.10. The van der Waals surface area contributed by atoms with Crippen molar-refractivity contribution in [2.45, 2.75) is 12.3 Å². The molecule has 2 N–H and O–H groups in total. The summed E-state index contributed by atoms with van der Waals surface area (Å²) in [5, 5.41) is 3.02. The highest BCUT2D eigenvalue weighted by atomic mass is 127. The molecule has 1 unspecified atom stereocenters. The third-order valence-electron chi connectivity index (χ3n) is 2.44. The van der Waals surface area contributed by atoms with Crippen molar-refractivity contribution in [3.8, 4) is 0 Å². The first-order valence-electron chi connectivity index (χ1n) is 5.33. The zero-order valence-corrected chi connectivity index (χ0v) is 12.5. The first-order valence-corrected chi connectivity index (χ1v) is 6.84. The third-order valence-corrected chi connectivity index (χ3v) is 3.67. The second-order valence-electron chi connectivity index (χ2n) is 3.72. The van der Waals surface area contributed by atoms with Crippen LogP contribution in [0.4, 0.5) is 11.5 Å². The van der Waals surface area contributed by atoms with E-state index in [2.05, 4.69) is 15.3 Å². The Labute approximate surface area is 123 Å². The zero-order valence-electron chi connectivity index (χ0n) is 9.58. The molecular weight excluding hydrogens is 365 g/mol. The molecule has 1 atom stereocenters. The van der Waals surface area contributed by atoms with E-state index in [1.807, 2.05) is 53.8 Å². The molecule has 1 heterocycles. The fourth-order valence-electron chi connectivity index (χ4n) is 1.56. The quantitative estimate of drug-likeness (QED) is 0.638. The van der Waals surface area contributed by atoms with Crippen molar-refractivity contribution < 1.29 is 0 Å². The number of nitrogens with one attached hydrogen (secondary N) is 2. The monoisotopic (exact) mass is 375 g/mol. The Morgan fingerprint density at radius 2 is 2.17 bits per heavy atom. The summed E-state index contributed by atoms with van der Waals surface area (Å²) in [6.07, 6.45) is 1.37. The minimum atomic E-state index is -0.162. The van der Waals surface area contributed by atoms with Gasteiger partial charge in [0.05, 0.1) is 11.7 Å². The summed E-state index contributed by atoms with van der Waals surface area (Å²) in [5.41, 5.74) is 1.66. The summed E-state index contributed by atoms with van der Waals surface area (Å²) < 4.78 is 0.520. The Balaban J connectivity index is 2.40. The summed E-state index contributed by atoms with van der Waals surface area (Å²) in [6.45, 7) is 1.90. The number of anilines is 2. The number of hydrogen-bond acceptors (Lipinski definition) is 3. The van der Waals surface area contributed by atoms with Crippen LogP contribution in [0.2, 0.25) is 0 Å². The summed E-state index contributed by atoms with van der Waals surface area (Å²) in [7, 11) is 0. The first kappa shape index (κ1) is 13.4. The van der Waals surface area contributed by atoms with E-state index in [9.17, 15) is 4.79 Å². The van der Waals surface area contributed by atoms with Gasteiger partial charge in [0.1, 0.15) is 3.57 Å². The number of H-pyrrole nitrogens is 1. The molecule has 0 fully saturated rings. The minimum absolute atomic E-state index is 0.117. The van der Waals surface area contributed by atoms with Crippen LogP contribution < -0.4 is 10.9 Å². The fraction of sp³-hybridized carbons (Fsp3) is 0.167. The van der Waals surface area contributed by atoms with Crippen LogP contribution in [0.5, 0.6) is 0 Å². The van der Waals surface area contributed by atoms with Crippen LogP contribution >= 0.6 is 34.2 Å². The van der Waals surface area contributed by atoms with E-state index in [-0.39, 0.29) is 10.9 Å². The van der Waals surface area contributed by atoms with Crippen LogP contribution in [-0.4, -0.2) is 9.97 Å². The van der Waals surface area contributed by atoms with E-state index < -0.39 is 0 Å². The fourth-order valence-corrected chi connectivity index (χ4v) is 2.18. The van der Waals surface area contributed by atoms with Gasteiger partial charge in [0.25, 0.3) is 5.56 Å². The van der Waals surface area contributed by atoms with Crippen LogP contribution in [0.3, 0.4) is 0 Å². The number of aromatic amines is 1. The van der Waals surface area contributed by atoms with Gasteiger partial charge < -0.3 is 10.3 Å². The van der Waals surface area contributed by atoms with Gasteiger partial charge in [-0.2, -0.15) is 0 Å². The Morgan fingerprint density at radius 3 is 2.89 bits per heavy atom. The van der Waals surface area contributed by atoms with E-state index in [4.69, 9.17) is 11.6 Å². The highest BCUT2D eigenvalue weighted by molar-refractivity contribution is 14.1. The summed E-state index contributed by atoms with van der Waals surface area (Å²) in [6, 6.07) is 7.69. The summed E-state index contributed by atoms with van der Waals surface area (Å²) in [4.78, 5) is 18.1. The van der Waals surface area contributed by atoms with Crippen LogP contribution in [-0.2, 0) is 0 Å². The third kappa shape index (κ3) is 2.84. The van der Waals surface area contributed by atoms with Gasteiger partial charge in [-0.05, 0) is 41.1 Å². The van der Waals surface area contributed by atoms with Crippen molar-refractivity contribution in [1.82, 2.24) is 9.97 Å². The number of rotatable bonds is 3. The van der Waals surface area contributed by atoms with E-state index in [1.54, 1.807) is 0 Å². The van der Waals surface area contributed by atoms with Crippen LogP contribution in [0.25, 0.3) is 0 Å². The average Bonchev–Trinajstić information content (AvgIpc) is 2.35. The Morgan fingerprint density at radius 1 is 1.44 bits per heavy atom. The number of aromatic nitrogens is 2. The normalized spacial score (nSPS) is 12.2. The maximum atomic E-state index is 11.5. The molecule has 0 spiro atoms. The van der Waals surface area contributed by atoms with Gasteiger partial charge in [0.15, 0.2) is 5.82 Å². The molecule has 2 aromatic rings. The van der Waals surface area contributed by atoms with Gasteiger partial charge in [0.2, 0.25) is 0 Å². The predicted octanol–water partition coefficient (Wildman–Crippen LogP) is 3.42. The molecular formula is C12H11ClIN3O. The maximum Gasteiger partial charge on any atom is 0.266 e. The van der Waals surface area contributed by atoms with E-state index in [0.717, 1.165) is 11.3 Å². The molecule has 0 aliphatic carbocycles. The molecule has 0 saturated heterocycles. The molecule has 0 radical (unpaired) electrons. The molecule has 4 nitrogen and oxygen atoms in total. The Bertz CT molecular complexity index is 612. The lowest BCUT2D eigenvalue weighted by atomic mass is 10.1. The molecule has 0 amide bonds. The molecule has 0 aliphatic heterocycles. The average molecular weight is 376 g/mol. The number of halogens is 2. The molecule has 0 saturated carbocycles. The maximum absolute atomic E-state index is 11.5. The Kier molecular flexibility index (Phi) is 4.23. The van der Waals surface area contributed by atoms with Crippen molar-refractivity contribution in [2.24, 2.45) is 0 Å². The first-order chi connectivity index (χ1) is 8.59. The molecule has 2 rings (SSSR count). The second kappa shape index (κ2) is 5.71. The lowest BCUT2D eigenvalue weighted by molar-refractivity contribution is 1.07. The molecule has 1 aromatic heterocycles. The van der Waals surface area contributed by atoms with Crippen LogP contribution in [0.15, 0.2) is 35.4 Å². The van der Waals surface area contributed by atoms with Crippen molar-refractivity contribution in [1.29, 1.82) is 0 Å². The molecule has 18 heavy (non-hydrogen) atoms. The van der Waals surface area contributed by atoms with Gasteiger partial charge in [-0.25, -0.2) is 4.98 Å². The lowest BCUT2D eigenvalue weighted by Crippen LogP contribution is -2.13. The number of alkyl halides is 1. The Hall–Kier alpha value is -1.08. The number of hydrogen-bond donors (Lipinski definition) is 2. The van der Waals surface area contributed by atoms with Crippen molar-refractivity contribution in [3.05, 3.63) is 50.1 Å². The summed E-state index contributed by atoms with van der Waals surface area (Å²) >= 11 is 8.07. The SMILES string of the molecule is CC(Cl)c1ccccc1Nc1nc[nH]c(=O)c1I. The molecule has 6 heteroatoms. The van der Waals surface area contributed by atoms with Gasteiger partial charge in [0, 0.05) is 5.69 Å². The zero-order chi connectivity index (χ0) is 13.1. The van der Waals surface area contributed by atoms with Gasteiger partial charge in [-0.1, -0.05) is 18.2 Å². The van der Waals surface area contributed by atoms with Gasteiger partial charge >= 0.3 is 0 Å². The number of para-hydroxylation sites is 1. The number of nitrogens with zero attached hydrogens (tertiary/aromatic N) is 1. The molecule has 0 aliphatic rings. The lowest BCUT2D eigenvalue weighted by Gasteiger charge is -2.13. The topological polar surface area (TPSA) is 57.8 Å². The van der Waals surface area contributed by atoms with E-state index in [0.29, 0.717) is 9.39 Å². The molecule has 0 bridgehead atoms. The number of benzene rings is 1. The van der Waals surface area contributed by atoms with Crippen LogP contribution in [0.1, 0.15) is 17.9 Å². The second-order valence-corrected chi connectivity index (χ2v) is 5.46. The van der Waals surface area contributed by atoms with Crippen molar-refractivity contribution >= 4 is 45.7 Å².